The summed E-state index contributed by atoms with van der Waals surface area (Å²) in [6, 6.07) is 6.23. The highest BCUT2D eigenvalue weighted by atomic mass is 35.5. The van der Waals surface area contributed by atoms with Crippen molar-refractivity contribution in [3.63, 3.8) is 0 Å². The first kappa shape index (κ1) is 21.8. The standard InChI is InChI=1S/C20H18ClNO7S/c1-4-28-15-8-11(7-13(21)17(15)26-2)9-16-18(23)22(20(25)30-16)10-12-5-6-14(29-12)19(24)27-3/h5-9H,4,10H2,1-3H3/b16-9+. The first-order valence-corrected chi connectivity index (χ1v) is 10.00. The van der Waals surface area contributed by atoms with Gasteiger partial charge in [-0.15, -0.1) is 0 Å². The SMILES string of the molecule is CCOc1cc(/C=C2/SC(=O)N(Cc3ccc(C(=O)OC)o3)C2=O)cc(Cl)c1OC. The van der Waals surface area contributed by atoms with Crippen molar-refractivity contribution >= 4 is 46.6 Å². The molecule has 0 aliphatic carbocycles. The average Bonchev–Trinajstić information content (AvgIpc) is 3.28. The maximum absolute atomic E-state index is 12.7. The largest absolute Gasteiger partial charge is 0.491 e. The van der Waals surface area contributed by atoms with Crippen molar-refractivity contribution in [3.05, 3.63) is 51.3 Å². The molecule has 0 N–H and O–H groups in total. The lowest BCUT2D eigenvalue weighted by atomic mass is 10.1. The first-order chi connectivity index (χ1) is 14.4. The van der Waals surface area contributed by atoms with E-state index in [-0.39, 0.29) is 23.0 Å². The minimum Gasteiger partial charge on any atom is -0.491 e. The van der Waals surface area contributed by atoms with Gasteiger partial charge in [0.25, 0.3) is 11.1 Å². The summed E-state index contributed by atoms with van der Waals surface area (Å²) in [5, 5.41) is -0.133. The van der Waals surface area contributed by atoms with Gasteiger partial charge in [0.2, 0.25) is 5.76 Å². The van der Waals surface area contributed by atoms with Crippen LogP contribution in [0.15, 0.2) is 33.6 Å². The molecule has 0 saturated carbocycles. The first-order valence-electron chi connectivity index (χ1n) is 8.80. The van der Waals surface area contributed by atoms with Crippen LogP contribution in [-0.2, 0) is 16.1 Å². The number of esters is 1. The molecule has 0 radical (unpaired) electrons. The Labute approximate surface area is 181 Å². The van der Waals surface area contributed by atoms with Crippen LogP contribution >= 0.6 is 23.4 Å². The van der Waals surface area contributed by atoms with Crippen molar-refractivity contribution in [2.75, 3.05) is 20.8 Å². The van der Waals surface area contributed by atoms with Gasteiger partial charge in [-0.2, -0.15) is 0 Å². The molecule has 0 atom stereocenters. The molecule has 158 valence electrons. The molecule has 3 rings (SSSR count). The maximum Gasteiger partial charge on any atom is 0.373 e. The highest BCUT2D eigenvalue weighted by Gasteiger charge is 2.36. The summed E-state index contributed by atoms with van der Waals surface area (Å²) in [4.78, 5) is 37.8. The summed E-state index contributed by atoms with van der Waals surface area (Å²) < 4.78 is 20.7. The number of amides is 2. The molecule has 1 aromatic carbocycles. The van der Waals surface area contributed by atoms with Gasteiger partial charge in [-0.05, 0) is 54.6 Å². The van der Waals surface area contributed by atoms with E-state index in [1.54, 1.807) is 18.2 Å². The zero-order valence-electron chi connectivity index (χ0n) is 16.4. The van der Waals surface area contributed by atoms with E-state index in [4.69, 9.17) is 25.5 Å². The minimum absolute atomic E-state index is 0.00802. The Bertz CT molecular complexity index is 1030. The van der Waals surface area contributed by atoms with Crippen molar-refractivity contribution in [2.45, 2.75) is 13.5 Å². The Kier molecular flexibility index (Phi) is 6.73. The minimum atomic E-state index is -0.642. The lowest BCUT2D eigenvalue weighted by Crippen LogP contribution is -2.27. The van der Waals surface area contributed by atoms with E-state index in [1.807, 2.05) is 6.92 Å². The van der Waals surface area contributed by atoms with E-state index in [2.05, 4.69) is 4.74 Å². The van der Waals surface area contributed by atoms with Crippen LogP contribution < -0.4 is 9.47 Å². The fourth-order valence-electron chi connectivity index (χ4n) is 2.75. The monoisotopic (exact) mass is 451 g/mol. The lowest BCUT2D eigenvalue weighted by Gasteiger charge is -2.12. The van der Waals surface area contributed by atoms with Crippen LogP contribution in [0, 0.1) is 0 Å². The van der Waals surface area contributed by atoms with E-state index in [1.165, 1.54) is 26.4 Å². The number of hydrogen-bond donors (Lipinski definition) is 0. The van der Waals surface area contributed by atoms with E-state index in [0.717, 1.165) is 16.7 Å². The highest BCUT2D eigenvalue weighted by Crippen LogP contribution is 2.39. The smallest absolute Gasteiger partial charge is 0.373 e. The topological polar surface area (TPSA) is 95.3 Å². The van der Waals surface area contributed by atoms with Crippen molar-refractivity contribution in [1.82, 2.24) is 4.90 Å². The quantitative estimate of drug-likeness (QED) is 0.452. The molecular weight excluding hydrogens is 434 g/mol. The number of imide groups is 1. The molecule has 1 fully saturated rings. The Morgan fingerprint density at radius 1 is 1.27 bits per heavy atom. The van der Waals surface area contributed by atoms with Crippen LogP contribution in [0.25, 0.3) is 6.08 Å². The third-order valence-electron chi connectivity index (χ3n) is 4.07. The van der Waals surface area contributed by atoms with Gasteiger partial charge in [-0.25, -0.2) is 4.79 Å². The van der Waals surface area contributed by atoms with E-state index < -0.39 is 17.1 Å². The Balaban J connectivity index is 1.83. The summed E-state index contributed by atoms with van der Waals surface area (Å²) >= 11 is 7.04. The molecule has 1 aliphatic rings. The number of ether oxygens (including phenoxy) is 3. The average molecular weight is 452 g/mol. The molecule has 1 aromatic heterocycles. The number of furan rings is 1. The van der Waals surface area contributed by atoms with Gasteiger partial charge in [0.1, 0.15) is 5.76 Å². The summed E-state index contributed by atoms with van der Waals surface area (Å²) in [5.41, 5.74) is 0.584. The van der Waals surface area contributed by atoms with Crippen molar-refractivity contribution < 1.29 is 33.0 Å². The zero-order valence-corrected chi connectivity index (χ0v) is 18.0. The third kappa shape index (κ3) is 4.47. The second kappa shape index (κ2) is 9.27. The number of carbonyl (C=O) groups excluding carboxylic acids is 3. The normalized spacial score (nSPS) is 15.1. The summed E-state index contributed by atoms with van der Waals surface area (Å²) in [7, 11) is 2.71. The van der Waals surface area contributed by atoms with Gasteiger partial charge in [0.15, 0.2) is 11.5 Å². The van der Waals surface area contributed by atoms with Gasteiger partial charge in [0, 0.05) is 0 Å². The number of nitrogens with zero attached hydrogens (tertiary/aromatic N) is 1. The molecule has 2 amide bonds. The molecule has 0 spiro atoms. The highest BCUT2D eigenvalue weighted by molar-refractivity contribution is 8.18. The fourth-order valence-corrected chi connectivity index (χ4v) is 3.88. The van der Waals surface area contributed by atoms with Crippen LogP contribution in [0.5, 0.6) is 11.5 Å². The van der Waals surface area contributed by atoms with Gasteiger partial charge in [0.05, 0.1) is 37.3 Å². The molecule has 1 aliphatic heterocycles. The van der Waals surface area contributed by atoms with Crippen LogP contribution in [0.1, 0.15) is 28.8 Å². The molecular formula is C20H18ClNO7S. The molecule has 0 bridgehead atoms. The molecule has 2 aromatic rings. The van der Waals surface area contributed by atoms with Gasteiger partial charge in [-0.1, -0.05) is 11.6 Å². The van der Waals surface area contributed by atoms with Crippen LogP contribution in [0.4, 0.5) is 4.79 Å². The van der Waals surface area contributed by atoms with Gasteiger partial charge < -0.3 is 18.6 Å². The molecule has 2 heterocycles. The Morgan fingerprint density at radius 2 is 2.03 bits per heavy atom. The number of benzene rings is 1. The van der Waals surface area contributed by atoms with E-state index in [0.29, 0.717) is 28.7 Å². The van der Waals surface area contributed by atoms with E-state index >= 15 is 0 Å². The molecule has 10 heteroatoms. The predicted molar refractivity (Wildman–Crippen MR) is 111 cm³/mol. The number of halogens is 1. The Morgan fingerprint density at radius 3 is 2.70 bits per heavy atom. The lowest BCUT2D eigenvalue weighted by molar-refractivity contribution is -0.123. The van der Waals surface area contributed by atoms with Crippen LogP contribution in [-0.4, -0.2) is 42.8 Å². The fraction of sp³-hybridized carbons (Fsp3) is 0.250. The van der Waals surface area contributed by atoms with Gasteiger partial charge >= 0.3 is 5.97 Å². The van der Waals surface area contributed by atoms with E-state index in [9.17, 15) is 14.4 Å². The number of thioether (sulfide) groups is 1. The van der Waals surface area contributed by atoms with Crippen molar-refractivity contribution in [1.29, 1.82) is 0 Å². The number of hydrogen-bond acceptors (Lipinski definition) is 8. The Hall–Kier alpha value is -2.91. The number of methoxy groups -OCH3 is 2. The molecule has 0 unspecified atom stereocenters. The second-order valence-corrected chi connectivity index (χ2v) is 7.39. The van der Waals surface area contributed by atoms with Crippen LogP contribution in [0.3, 0.4) is 0 Å². The predicted octanol–water partition coefficient (Wildman–Crippen LogP) is 4.36. The van der Waals surface area contributed by atoms with Crippen molar-refractivity contribution in [3.8, 4) is 11.5 Å². The zero-order chi connectivity index (χ0) is 21.8. The number of rotatable bonds is 7. The maximum atomic E-state index is 12.7. The third-order valence-corrected chi connectivity index (χ3v) is 5.26. The second-order valence-electron chi connectivity index (χ2n) is 5.99. The molecule has 8 nitrogen and oxygen atoms in total. The van der Waals surface area contributed by atoms with Gasteiger partial charge in [-0.3, -0.25) is 14.5 Å². The summed E-state index contributed by atoms with van der Waals surface area (Å²) in [6.07, 6.45) is 1.56. The summed E-state index contributed by atoms with van der Waals surface area (Å²) in [5.74, 6) is -0.0222. The van der Waals surface area contributed by atoms with Crippen LogP contribution in [0.2, 0.25) is 5.02 Å². The molecule has 1 saturated heterocycles. The summed E-state index contributed by atoms with van der Waals surface area (Å²) in [6.45, 7) is 2.13. The molecule has 30 heavy (non-hydrogen) atoms. The van der Waals surface area contributed by atoms with Crippen molar-refractivity contribution in [2.24, 2.45) is 0 Å². The number of carbonyl (C=O) groups is 3.